The topological polar surface area (TPSA) is 35.5 Å². The fraction of sp³-hybridized carbons (Fsp3) is 0.533. The van der Waals surface area contributed by atoms with Gasteiger partial charge in [-0.1, -0.05) is 17.7 Å². The van der Waals surface area contributed by atoms with Gasteiger partial charge in [0.25, 0.3) is 0 Å². The highest BCUT2D eigenvalue weighted by atomic mass is 35.5. The van der Waals surface area contributed by atoms with E-state index >= 15 is 0 Å². The Kier molecular flexibility index (Phi) is 5.61. The Morgan fingerprint density at radius 3 is 2.90 bits per heavy atom. The van der Waals surface area contributed by atoms with Crippen molar-refractivity contribution in [2.24, 2.45) is 5.41 Å². The monoisotopic (exact) mass is 314 g/mol. The number of esters is 1. The zero-order valence-corrected chi connectivity index (χ0v) is 13.1. The second-order valence-electron chi connectivity index (χ2n) is 5.11. The van der Waals surface area contributed by atoms with Crippen molar-refractivity contribution in [1.29, 1.82) is 0 Å². The Balaban J connectivity index is 1.61. The maximum absolute atomic E-state index is 11.3. The van der Waals surface area contributed by atoms with Crippen molar-refractivity contribution in [2.45, 2.75) is 19.3 Å². The van der Waals surface area contributed by atoms with Crippen LogP contribution in [0.5, 0.6) is 5.75 Å². The van der Waals surface area contributed by atoms with Crippen LogP contribution >= 0.6 is 23.4 Å². The molecule has 0 bridgehead atoms. The van der Waals surface area contributed by atoms with Crippen molar-refractivity contribution in [1.82, 2.24) is 0 Å². The van der Waals surface area contributed by atoms with Crippen molar-refractivity contribution in [3.63, 3.8) is 0 Å². The number of methoxy groups -OCH3 is 1. The number of halogens is 1. The Morgan fingerprint density at radius 1 is 1.45 bits per heavy atom. The van der Waals surface area contributed by atoms with E-state index in [1.54, 1.807) is 0 Å². The summed E-state index contributed by atoms with van der Waals surface area (Å²) in [7, 11) is 1.45. The molecule has 1 aliphatic carbocycles. The molecule has 0 atom stereocenters. The summed E-state index contributed by atoms with van der Waals surface area (Å²) < 4.78 is 10.4. The fourth-order valence-electron chi connectivity index (χ4n) is 1.99. The van der Waals surface area contributed by atoms with E-state index in [-0.39, 0.29) is 11.4 Å². The number of benzene rings is 1. The van der Waals surface area contributed by atoms with Gasteiger partial charge >= 0.3 is 5.97 Å². The standard InChI is InChI=1S/C15H19ClO3S/c1-18-14(17)10-15(5-6-15)11-20-8-7-19-13-4-2-3-12(16)9-13/h2-4,9H,5-8,10-11H2,1H3. The van der Waals surface area contributed by atoms with E-state index in [1.165, 1.54) is 7.11 Å². The second-order valence-corrected chi connectivity index (χ2v) is 6.65. The molecule has 0 aliphatic heterocycles. The molecule has 1 aromatic rings. The summed E-state index contributed by atoms with van der Waals surface area (Å²) in [5.74, 6) is 2.61. The molecule has 1 saturated carbocycles. The number of rotatable bonds is 8. The molecule has 0 unspecified atom stereocenters. The molecule has 1 aromatic carbocycles. The first-order chi connectivity index (χ1) is 9.63. The van der Waals surface area contributed by atoms with Gasteiger partial charge in [0.15, 0.2) is 0 Å². The lowest BCUT2D eigenvalue weighted by atomic mass is 10.1. The number of carbonyl (C=O) groups excluding carboxylic acids is 1. The normalized spacial score (nSPS) is 15.7. The van der Waals surface area contributed by atoms with Gasteiger partial charge < -0.3 is 9.47 Å². The number of thioether (sulfide) groups is 1. The zero-order chi connectivity index (χ0) is 14.4. The fourth-order valence-corrected chi connectivity index (χ4v) is 3.34. The molecule has 0 spiro atoms. The van der Waals surface area contributed by atoms with Crippen molar-refractivity contribution < 1.29 is 14.3 Å². The van der Waals surface area contributed by atoms with Gasteiger partial charge in [0.1, 0.15) is 5.75 Å². The Morgan fingerprint density at radius 2 is 2.25 bits per heavy atom. The van der Waals surface area contributed by atoms with Crippen LogP contribution in [0.3, 0.4) is 0 Å². The molecular formula is C15H19ClO3S. The smallest absolute Gasteiger partial charge is 0.306 e. The summed E-state index contributed by atoms with van der Waals surface area (Å²) in [4.78, 5) is 11.3. The zero-order valence-electron chi connectivity index (χ0n) is 11.6. The van der Waals surface area contributed by atoms with Crippen molar-refractivity contribution in [3.05, 3.63) is 29.3 Å². The van der Waals surface area contributed by atoms with E-state index in [2.05, 4.69) is 0 Å². The van der Waals surface area contributed by atoms with Crippen LogP contribution in [0.4, 0.5) is 0 Å². The largest absolute Gasteiger partial charge is 0.493 e. The van der Waals surface area contributed by atoms with Crippen molar-refractivity contribution in [3.8, 4) is 5.75 Å². The minimum atomic E-state index is -0.0988. The van der Waals surface area contributed by atoms with Crippen LogP contribution in [-0.4, -0.2) is 31.2 Å². The summed E-state index contributed by atoms with van der Waals surface area (Å²) in [6.07, 6.45) is 2.81. The number of ether oxygens (including phenoxy) is 2. The summed E-state index contributed by atoms with van der Waals surface area (Å²) >= 11 is 7.72. The molecule has 0 saturated heterocycles. The van der Waals surface area contributed by atoms with E-state index in [0.29, 0.717) is 18.1 Å². The highest BCUT2D eigenvalue weighted by molar-refractivity contribution is 7.99. The minimum Gasteiger partial charge on any atom is -0.493 e. The lowest BCUT2D eigenvalue weighted by Crippen LogP contribution is -2.14. The van der Waals surface area contributed by atoms with Gasteiger partial charge in [-0.25, -0.2) is 0 Å². The van der Waals surface area contributed by atoms with E-state index in [0.717, 1.165) is 30.1 Å². The summed E-state index contributed by atoms with van der Waals surface area (Å²) in [5, 5.41) is 0.685. The molecule has 1 fully saturated rings. The van der Waals surface area contributed by atoms with Gasteiger partial charge in [0, 0.05) is 10.8 Å². The van der Waals surface area contributed by atoms with Gasteiger partial charge in [-0.05, 0) is 42.2 Å². The van der Waals surface area contributed by atoms with Gasteiger partial charge in [-0.2, -0.15) is 11.8 Å². The molecule has 0 aromatic heterocycles. The van der Waals surface area contributed by atoms with E-state index in [4.69, 9.17) is 21.1 Å². The highest BCUT2D eigenvalue weighted by Crippen LogP contribution is 2.51. The molecular weight excluding hydrogens is 296 g/mol. The molecule has 20 heavy (non-hydrogen) atoms. The third kappa shape index (κ3) is 4.91. The molecule has 0 radical (unpaired) electrons. The quantitative estimate of drug-likeness (QED) is 0.540. The molecule has 0 amide bonds. The average Bonchev–Trinajstić information content (AvgIpc) is 3.18. The summed E-state index contributed by atoms with van der Waals surface area (Å²) in [5.41, 5.74) is 0.188. The van der Waals surface area contributed by atoms with Crippen molar-refractivity contribution in [2.75, 3.05) is 25.2 Å². The van der Waals surface area contributed by atoms with Gasteiger partial charge in [0.05, 0.1) is 20.1 Å². The first kappa shape index (κ1) is 15.5. The van der Waals surface area contributed by atoms with Crippen LogP contribution in [-0.2, 0) is 9.53 Å². The Bertz CT molecular complexity index is 460. The van der Waals surface area contributed by atoms with Gasteiger partial charge in [-0.15, -0.1) is 0 Å². The minimum absolute atomic E-state index is 0.0988. The van der Waals surface area contributed by atoms with Crippen LogP contribution in [0.25, 0.3) is 0 Å². The highest BCUT2D eigenvalue weighted by Gasteiger charge is 2.44. The number of carbonyl (C=O) groups is 1. The SMILES string of the molecule is COC(=O)CC1(CSCCOc2cccc(Cl)c2)CC1. The second kappa shape index (κ2) is 7.23. The average molecular weight is 315 g/mol. The molecule has 5 heteroatoms. The maximum Gasteiger partial charge on any atom is 0.306 e. The Hall–Kier alpha value is -0.870. The van der Waals surface area contributed by atoms with E-state index in [9.17, 15) is 4.79 Å². The van der Waals surface area contributed by atoms with E-state index in [1.807, 2.05) is 36.0 Å². The molecule has 3 nitrogen and oxygen atoms in total. The van der Waals surface area contributed by atoms with Crippen LogP contribution in [0.15, 0.2) is 24.3 Å². The third-order valence-electron chi connectivity index (χ3n) is 3.40. The first-order valence-electron chi connectivity index (χ1n) is 6.66. The third-order valence-corrected chi connectivity index (χ3v) is 4.91. The molecule has 0 N–H and O–H groups in total. The van der Waals surface area contributed by atoms with Gasteiger partial charge in [-0.3, -0.25) is 4.79 Å². The van der Waals surface area contributed by atoms with Crippen LogP contribution in [0.1, 0.15) is 19.3 Å². The lowest BCUT2D eigenvalue weighted by Gasteiger charge is -2.13. The molecule has 1 aliphatic rings. The lowest BCUT2D eigenvalue weighted by molar-refractivity contribution is -0.141. The van der Waals surface area contributed by atoms with Gasteiger partial charge in [0.2, 0.25) is 0 Å². The molecule has 110 valence electrons. The number of hydrogen-bond donors (Lipinski definition) is 0. The Labute approximate surface area is 129 Å². The van der Waals surface area contributed by atoms with Crippen LogP contribution in [0.2, 0.25) is 5.02 Å². The predicted molar refractivity (Wildman–Crippen MR) is 82.6 cm³/mol. The molecule has 2 rings (SSSR count). The van der Waals surface area contributed by atoms with Crippen molar-refractivity contribution >= 4 is 29.3 Å². The maximum atomic E-state index is 11.3. The molecule has 0 heterocycles. The van der Waals surface area contributed by atoms with Crippen LogP contribution in [0, 0.1) is 5.41 Å². The summed E-state index contributed by atoms with van der Waals surface area (Å²) in [6, 6.07) is 7.41. The predicted octanol–water partition coefficient (Wildman–Crippen LogP) is 3.80. The number of hydrogen-bond acceptors (Lipinski definition) is 4. The van der Waals surface area contributed by atoms with Crippen LogP contribution < -0.4 is 4.74 Å². The first-order valence-corrected chi connectivity index (χ1v) is 8.20. The van der Waals surface area contributed by atoms with E-state index < -0.39 is 0 Å². The summed E-state index contributed by atoms with van der Waals surface area (Å²) in [6.45, 7) is 0.652.